The van der Waals surface area contributed by atoms with Crippen LogP contribution in [0.4, 0.5) is 0 Å². The van der Waals surface area contributed by atoms with Crippen LogP contribution in [-0.4, -0.2) is 40.9 Å². The van der Waals surface area contributed by atoms with Crippen molar-refractivity contribution in [2.24, 2.45) is 11.7 Å². The third kappa shape index (κ3) is 5.30. The fourth-order valence-corrected chi connectivity index (χ4v) is 3.21. The molecule has 0 radical (unpaired) electrons. The van der Waals surface area contributed by atoms with Gasteiger partial charge in [0.25, 0.3) is 0 Å². The molecule has 1 aliphatic rings. The summed E-state index contributed by atoms with van der Waals surface area (Å²) in [6.45, 7) is 8.11. The van der Waals surface area contributed by atoms with E-state index < -0.39 is 0 Å². The molecular weight excluding hydrogens is 232 g/mol. The summed E-state index contributed by atoms with van der Waals surface area (Å²) in [6, 6.07) is 0.253. The van der Waals surface area contributed by atoms with Crippen molar-refractivity contribution >= 4 is 17.7 Å². The topological polar surface area (TPSA) is 46.3 Å². The summed E-state index contributed by atoms with van der Waals surface area (Å²) in [5.74, 6) is 1.57. The van der Waals surface area contributed by atoms with Crippen LogP contribution in [0, 0.1) is 5.92 Å². The second-order valence-electron chi connectivity index (χ2n) is 5.27. The maximum absolute atomic E-state index is 12.2. The van der Waals surface area contributed by atoms with E-state index in [1.54, 1.807) is 0 Å². The summed E-state index contributed by atoms with van der Waals surface area (Å²) in [7, 11) is 0. The molecule has 3 nitrogen and oxygen atoms in total. The van der Waals surface area contributed by atoms with Crippen LogP contribution in [0.3, 0.4) is 0 Å². The molecule has 0 bridgehead atoms. The summed E-state index contributed by atoms with van der Waals surface area (Å²) < 4.78 is 0. The van der Waals surface area contributed by atoms with E-state index in [1.807, 2.05) is 23.6 Å². The first-order valence-electron chi connectivity index (χ1n) is 6.66. The molecule has 0 aromatic heterocycles. The first-order valence-corrected chi connectivity index (χ1v) is 7.71. The second-order valence-corrected chi connectivity index (χ2v) is 6.82. The average Bonchev–Trinajstić information content (AvgIpc) is 2.27. The number of rotatable bonds is 5. The van der Waals surface area contributed by atoms with Gasteiger partial charge in [-0.2, -0.15) is 11.8 Å². The van der Waals surface area contributed by atoms with Gasteiger partial charge in [0.15, 0.2) is 0 Å². The summed E-state index contributed by atoms with van der Waals surface area (Å²) in [5, 5.41) is 0.587. The molecule has 0 aliphatic carbocycles. The average molecular weight is 258 g/mol. The zero-order valence-electron chi connectivity index (χ0n) is 11.3. The molecule has 0 saturated carbocycles. The summed E-state index contributed by atoms with van der Waals surface area (Å²) in [4.78, 5) is 14.2. The van der Waals surface area contributed by atoms with E-state index in [1.165, 1.54) is 0 Å². The standard InChI is InChI=1S/C13H26N2OS/c1-10(5-4-6-11(2)14)13(16)15-7-8-17-12(3)9-15/h10-12H,4-9,14H2,1-3H3. The van der Waals surface area contributed by atoms with Crippen molar-refractivity contribution in [3.8, 4) is 0 Å². The molecule has 1 rings (SSSR count). The van der Waals surface area contributed by atoms with Gasteiger partial charge in [-0.1, -0.05) is 20.3 Å². The number of nitrogens with two attached hydrogens (primary N) is 1. The molecule has 3 atom stereocenters. The Labute approximate surface area is 109 Å². The highest BCUT2D eigenvalue weighted by Crippen LogP contribution is 2.20. The van der Waals surface area contributed by atoms with E-state index in [0.717, 1.165) is 38.1 Å². The Bertz CT molecular complexity index is 246. The fraction of sp³-hybridized carbons (Fsp3) is 0.923. The maximum Gasteiger partial charge on any atom is 0.225 e. The molecule has 1 amide bonds. The molecule has 0 aromatic rings. The van der Waals surface area contributed by atoms with Crippen molar-refractivity contribution < 1.29 is 4.79 Å². The van der Waals surface area contributed by atoms with Crippen molar-refractivity contribution in [1.82, 2.24) is 4.90 Å². The minimum Gasteiger partial charge on any atom is -0.341 e. The third-order valence-electron chi connectivity index (χ3n) is 3.27. The lowest BCUT2D eigenvalue weighted by Crippen LogP contribution is -2.43. The van der Waals surface area contributed by atoms with Crippen molar-refractivity contribution in [1.29, 1.82) is 0 Å². The van der Waals surface area contributed by atoms with Crippen molar-refractivity contribution in [3.05, 3.63) is 0 Å². The molecule has 1 heterocycles. The predicted octanol–water partition coefficient (Wildman–Crippen LogP) is 2.10. The van der Waals surface area contributed by atoms with Crippen molar-refractivity contribution in [2.45, 2.75) is 51.3 Å². The van der Waals surface area contributed by atoms with Crippen LogP contribution in [0.5, 0.6) is 0 Å². The lowest BCUT2D eigenvalue weighted by molar-refractivity contribution is -0.135. The van der Waals surface area contributed by atoms with E-state index >= 15 is 0 Å². The van der Waals surface area contributed by atoms with E-state index in [2.05, 4.69) is 13.8 Å². The summed E-state index contributed by atoms with van der Waals surface area (Å²) in [5.41, 5.74) is 5.72. The van der Waals surface area contributed by atoms with Gasteiger partial charge in [0.2, 0.25) is 5.91 Å². The smallest absolute Gasteiger partial charge is 0.225 e. The van der Waals surface area contributed by atoms with Crippen LogP contribution >= 0.6 is 11.8 Å². The predicted molar refractivity (Wildman–Crippen MR) is 75.2 cm³/mol. The number of amides is 1. The van der Waals surface area contributed by atoms with Crippen LogP contribution in [0.1, 0.15) is 40.0 Å². The molecule has 0 aromatic carbocycles. The largest absolute Gasteiger partial charge is 0.341 e. The Morgan fingerprint density at radius 1 is 1.47 bits per heavy atom. The molecule has 100 valence electrons. The highest BCUT2D eigenvalue weighted by Gasteiger charge is 2.24. The molecule has 0 spiro atoms. The van der Waals surface area contributed by atoms with Gasteiger partial charge in [-0.25, -0.2) is 0 Å². The van der Waals surface area contributed by atoms with Crippen LogP contribution in [0.2, 0.25) is 0 Å². The lowest BCUT2D eigenvalue weighted by Gasteiger charge is -2.32. The number of carbonyl (C=O) groups is 1. The molecule has 1 saturated heterocycles. The molecule has 2 N–H and O–H groups in total. The number of hydrogen-bond donors (Lipinski definition) is 1. The Kier molecular flexibility index (Phi) is 6.34. The summed E-state index contributed by atoms with van der Waals surface area (Å²) in [6.07, 6.45) is 3.05. The zero-order chi connectivity index (χ0) is 12.8. The SMILES string of the molecule is CC(N)CCCC(C)C(=O)N1CCSC(C)C1. The highest BCUT2D eigenvalue weighted by atomic mass is 32.2. The molecular formula is C13H26N2OS. The van der Waals surface area contributed by atoms with E-state index in [0.29, 0.717) is 11.2 Å². The van der Waals surface area contributed by atoms with Gasteiger partial charge in [0.1, 0.15) is 0 Å². The number of thioether (sulfide) groups is 1. The molecule has 1 aliphatic heterocycles. The minimum absolute atomic E-state index is 0.157. The van der Waals surface area contributed by atoms with Crippen LogP contribution in [0.15, 0.2) is 0 Å². The van der Waals surface area contributed by atoms with E-state index in [4.69, 9.17) is 5.73 Å². The van der Waals surface area contributed by atoms with Gasteiger partial charge in [-0.3, -0.25) is 4.79 Å². The normalized spacial score (nSPS) is 24.5. The first-order chi connectivity index (χ1) is 8.00. The quantitative estimate of drug-likeness (QED) is 0.821. The summed E-state index contributed by atoms with van der Waals surface area (Å²) >= 11 is 1.96. The number of carbonyl (C=O) groups excluding carboxylic acids is 1. The zero-order valence-corrected chi connectivity index (χ0v) is 12.1. The molecule has 4 heteroatoms. The Morgan fingerprint density at radius 3 is 2.76 bits per heavy atom. The maximum atomic E-state index is 12.2. The van der Waals surface area contributed by atoms with Crippen LogP contribution in [0.25, 0.3) is 0 Å². The van der Waals surface area contributed by atoms with E-state index in [-0.39, 0.29) is 12.0 Å². The van der Waals surface area contributed by atoms with Crippen molar-refractivity contribution in [3.63, 3.8) is 0 Å². The lowest BCUT2D eigenvalue weighted by atomic mass is 10.0. The third-order valence-corrected chi connectivity index (χ3v) is 4.41. The fourth-order valence-electron chi connectivity index (χ4n) is 2.20. The minimum atomic E-state index is 0.157. The van der Waals surface area contributed by atoms with Crippen molar-refractivity contribution in [2.75, 3.05) is 18.8 Å². The molecule has 3 unspecified atom stereocenters. The highest BCUT2D eigenvalue weighted by molar-refractivity contribution is 7.99. The Morgan fingerprint density at radius 2 is 2.18 bits per heavy atom. The second kappa shape index (κ2) is 7.27. The first kappa shape index (κ1) is 14.8. The van der Waals surface area contributed by atoms with Gasteiger partial charge in [0, 0.05) is 36.1 Å². The number of nitrogens with zero attached hydrogens (tertiary/aromatic N) is 1. The van der Waals surface area contributed by atoms with E-state index in [9.17, 15) is 4.79 Å². The number of hydrogen-bond acceptors (Lipinski definition) is 3. The van der Waals surface area contributed by atoms with Gasteiger partial charge in [-0.05, 0) is 19.8 Å². The van der Waals surface area contributed by atoms with Gasteiger partial charge < -0.3 is 10.6 Å². The van der Waals surface area contributed by atoms with Gasteiger partial charge >= 0.3 is 0 Å². The van der Waals surface area contributed by atoms with Gasteiger partial charge in [0.05, 0.1) is 0 Å². The monoisotopic (exact) mass is 258 g/mol. The van der Waals surface area contributed by atoms with Crippen LogP contribution in [-0.2, 0) is 4.79 Å². The van der Waals surface area contributed by atoms with Crippen LogP contribution < -0.4 is 5.73 Å². The Hall–Kier alpha value is -0.220. The molecule has 17 heavy (non-hydrogen) atoms. The Balaban J connectivity index is 2.30. The van der Waals surface area contributed by atoms with Gasteiger partial charge in [-0.15, -0.1) is 0 Å². The molecule has 1 fully saturated rings.